The molecule has 1 aliphatic rings. The number of rotatable bonds is 6. The summed E-state index contributed by atoms with van der Waals surface area (Å²) in [6.07, 6.45) is 2.46. The molecule has 0 spiro atoms. The minimum Gasteiger partial charge on any atom is -0.340 e. The number of benzene rings is 2. The fourth-order valence-electron chi connectivity index (χ4n) is 4.32. The maximum absolute atomic E-state index is 13.2. The van der Waals surface area contributed by atoms with Gasteiger partial charge < -0.3 is 15.5 Å². The Bertz CT molecular complexity index is 1430. The van der Waals surface area contributed by atoms with Crippen LogP contribution < -0.4 is 15.5 Å². The second kappa shape index (κ2) is 9.42. The second-order valence-electron chi connectivity index (χ2n) is 8.67. The first-order valence-electron chi connectivity index (χ1n) is 11.6. The monoisotopic (exact) mass is 486 g/mol. The van der Waals surface area contributed by atoms with Crippen LogP contribution in [0.25, 0.3) is 10.2 Å². The van der Waals surface area contributed by atoms with Crippen LogP contribution in [0.3, 0.4) is 0 Å². The number of thiazole rings is 1. The molecule has 3 heterocycles. The number of hydrogen-bond acceptors (Lipinski definition) is 7. The van der Waals surface area contributed by atoms with Crippen LogP contribution in [0.15, 0.2) is 48.8 Å². The van der Waals surface area contributed by atoms with E-state index in [-0.39, 0.29) is 18.2 Å². The summed E-state index contributed by atoms with van der Waals surface area (Å²) in [6, 6.07) is 13.6. The highest BCUT2D eigenvalue weighted by Crippen LogP contribution is 2.31. The average Bonchev–Trinajstić information content (AvgIpc) is 3.40. The lowest BCUT2D eigenvalue weighted by atomic mass is 10.1. The zero-order chi connectivity index (χ0) is 24.5. The van der Waals surface area contributed by atoms with Gasteiger partial charge in [0.1, 0.15) is 12.1 Å². The summed E-state index contributed by atoms with van der Waals surface area (Å²) in [4.78, 5) is 40.6. The predicted molar refractivity (Wildman–Crippen MR) is 139 cm³/mol. The van der Waals surface area contributed by atoms with E-state index >= 15 is 0 Å². The molecular weight excluding hydrogens is 460 g/mol. The number of carbonyl (C=O) groups is 2. The summed E-state index contributed by atoms with van der Waals surface area (Å²) < 4.78 is 1.09. The average molecular weight is 487 g/mol. The molecule has 1 saturated heterocycles. The van der Waals surface area contributed by atoms with Gasteiger partial charge in [0, 0.05) is 41.8 Å². The topological polar surface area (TPSA) is 100 Å². The molecule has 2 N–H and O–H groups in total. The van der Waals surface area contributed by atoms with Gasteiger partial charge in [0.15, 0.2) is 0 Å². The largest absolute Gasteiger partial charge is 0.340 e. The van der Waals surface area contributed by atoms with Crippen molar-refractivity contribution in [3.05, 3.63) is 65.1 Å². The zero-order valence-corrected chi connectivity index (χ0v) is 20.6. The number of amides is 2. The number of nitrogens with zero attached hydrogens (tertiary/aromatic N) is 4. The fraction of sp³-hybridized carbons (Fsp3) is 0.269. The Kier molecular flexibility index (Phi) is 6.17. The SMILES string of the molecule is CCc1ccc(Nc2cc(C)ncn2)cc1NC(=O)C1CC(=O)N(c2ccc3sc(C)nc3c2)C1. The van der Waals surface area contributed by atoms with Crippen molar-refractivity contribution in [1.82, 2.24) is 15.0 Å². The molecule has 2 amide bonds. The van der Waals surface area contributed by atoms with E-state index in [1.165, 1.54) is 6.33 Å². The molecule has 0 radical (unpaired) electrons. The molecule has 1 unspecified atom stereocenters. The van der Waals surface area contributed by atoms with Crippen molar-refractivity contribution in [1.29, 1.82) is 0 Å². The summed E-state index contributed by atoms with van der Waals surface area (Å²) in [5, 5.41) is 7.31. The Hall–Kier alpha value is -3.85. The van der Waals surface area contributed by atoms with Crippen molar-refractivity contribution < 1.29 is 9.59 Å². The van der Waals surface area contributed by atoms with Crippen molar-refractivity contribution in [2.24, 2.45) is 5.92 Å². The van der Waals surface area contributed by atoms with E-state index < -0.39 is 5.92 Å². The molecule has 8 nitrogen and oxygen atoms in total. The van der Waals surface area contributed by atoms with Crippen LogP contribution in [0.4, 0.5) is 22.9 Å². The molecule has 35 heavy (non-hydrogen) atoms. The number of aryl methyl sites for hydroxylation is 3. The van der Waals surface area contributed by atoms with Crippen LogP contribution in [0, 0.1) is 19.8 Å². The van der Waals surface area contributed by atoms with E-state index in [2.05, 4.69) is 25.6 Å². The number of hydrogen-bond donors (Lipinski definition) is 2. The third kappa shape index (κ3) is 4.85. The van der Waals surface area contributed by atoms with Crippen molar-refractivity contribution in [2.45, 2.75) is 33.6 Å². The van der Waals surface area contributed by atoms with Gasteiger partial charge in [0.25, 0.3) is 0 Å². The van der Waals surface area contributed by atoms with Gasteiger partial charge in [-0.1, -0.05) is 13.0 Å². The van der Waals surface area contributed by atoms with Gasteiger partial charge in [-0.15, -0.1) is 11.3 Å². The highest BCUT2D eigenvalue weighted by Gasteiger charge is 2.35. The number of fused-ring (bicyclic) bond motifs is 1. The van der Waals surface area contributed by atoms with Crippen molar-refractivity contribution in [3.8, 4) is 0 Å². The molecule has 1 atom stereocenters. The first-order chi connectivity index (χ1) is 16.9. The quantitative estimate of drug-likeness (QED) is 0.398. The number of anilines is 4. The van der Waals surface area contributed by atoms with Crippen LogP contribution in [0.2, 0.25) is 0 Å². The lowest BCUT2D eigenvalue weighted by Crippen LogP contribution is -2.28. The third-order valence-corrected chi connectivity index (χ3v) is 7.06. The second-order valence-corrected chi connectivity index (χ2v) is 9.91. The van der Waals surface area contributed by atoms with Crippen LogP contribution in [-0.4, -0.2) is 33.3 Å². The van der Waals surface area contributed by atoms with E-state index in [0.717, 1.165) is 50.0 Å². The molecular formula is C26H26N6O2S. The van der Waals surface area contributed by atoms with Gasteiger partial charge in [-0.05, 0) is 56.2 Å². The normalized spacial score (nSPS) is 15.6. The van der Waals surface area contributed by atoms with Crippen molar-refractivity contribution in [3.63, 3.8) is 0 Å². The Morgan fingerprint density at radius 3 is 2.80 bits per heavy atom. The van der Waals surface area contributed by atoms with E-state index in [0.29, 0.717) is 12.4 Å². The lowest BCUT2D eigenvalue weighted by molar-refractivity contribution is -0.122. The maximum Gasteiger partial charge on any atom is 0.229 e. The van der Waals surface area contributed by atoms with Gasteiger partial charge in [0.05, 0.1) is 21.1 Å². The number of nitrogens with one attached hydrogen (secondary N) is 2. The first-order valence-corrected chi connectivity index (χ1v) is 12.4. The fourth-order valence-corrected chi connectivity index (χ4v) is 5.12. The minimum absolute atomic E-state index is 0.0540. The maximum atomic E-state index is 13.2. The Balaban J connectivity index is 1.31. The lowest BCUT2D eigenvalue weighted by Gasteiger charge is -2.18. The van der Waals surface area contributed by atoms with E-state index in [9.17, 15) is 9.59 Å². The van der Waals surface area contributed by atoms with E-state index in [1.807, 2.05) is 63.2 Å². The number of aromatic nitrogens is 3. The van der Waals surface area contributed by atoms with Crippen molar-refractivity contribution in [2.75, 3.05) is 22.1 Å². The molecule has 9 heteroatoms. The van der Waals surface area contributed by atoms with Crippen LogP contribution >= 0.6 is 11.3 Å². The molecule has 5 rings (SSSR count). The Labute approximate surface area is 207 Å². The highest BCUT2D eigenvalue weighted by molar-refractivity contribution is 7.18. The summed E-state index contributed by atoms with van der Waals surface area (Å²) in [5.74, 6) is 0.0439. The van der Waals surface area contributed by atoms with Gasteiger partial charge in [-0.25, -0.2) is 15.0 Å². The van der Waals surface area contributed by atoms with Crippen LogP contribution in [-0.2, 0) is 16.0 Å². The molecule has 0 saturated carbocycles. The highest BCUT2D eigenvalue weighted by atomic mass is 32.1. The molecule has 2 aromatic heterocycles. The molecule has 1 fully saturated rings. The van der Waals surface area contributed by atoms with Gasteiger partial charge in [-0.3, -0.25) is 9.59 Å². The summed E-state index contributed by atoms with van der Waals surface area (Å²) in [5.41, 5.74) is 5.09. The third-order valence-electron chi connectivity index (χ3n) is 6.11. The molecule has 0 aliphatic carbocycles. The minimum atomic E-state index is -0.429. The van der Waals surface area contributed by atoms with Crippen molar-refractivity contribution >= 4 is 56.2 Å². The zero-order valence-electron chi connectivity index (χ0n) is 19.8. The summed E-state index contributed by atoms with van der Waals surface area (Å²) in [6.45, 7) is 6.26. The van der Waals surface area contributed by atoms with Gasteiger partial charge in [-0.2, -0.15) is 0 Å². The molecule has 4 aromatic rings. The standard InChI is InChI=1S/C26H26N6O2S/c1-4-17-5-6-19(30-24-9-15(2)27-14-28-24)11-21(17)31-26(34)18-10-25(33)32(13-18)20-7-8-23-22(12-20)29-16(3)35-23/h5-9,11-12,14,18H,4,10,13H2,1-3H3,(H,31,34)(H,27,28,30). The molecule has 2 aromatic carbocycles. The predicted octanol–water partition coefficient (Wildman–Crippen LogP) is 5.00. The van der Waals surface area contributed by atoms with E-state index in [4.69, 9.17) is 0 Å². The summed E-state index contributed by atoms with van der Waals surface area (Å²) in [7, 11) is 0. The van der Waals surface area contributed by atoms with Gasteiger partial charge >= 0.3 is 0 Å². The van der Waals surface area contributed by atoms with E-state index in [1.54, 1.807) is 16.2 Å². The molecule has 178 valence electrons. The first kappa shape index (κ1) is 22.9. The summed E-state index contributed by atoms with van der Waals surface area (Å²) >= 11 is 1.63. The van der Waals surface area contributed by atoms with Crippen LogP contribution in [0.1, 0.15) is 29.6 Å². The Morgan fingerprint density at radius 2 is 2.00 bits per heavy atom. The van der Waals surface area contributed by atoms with Crippen LogP contribution in [0.5, 0.6) is 0 Å². The smallest absolute Gasteiger partial charge is 0.229 e. The molecule has 1 aliphatic heterocycles. The number of carbonyl (C=O) groups excluding carboxylic acids is 2. The van der Waals surface area contributed by atoms with Gasteiger partial charge in [0.2, 0.25) is 11.8 Å². The Morgan fingerprint density at radius 1 is 1.14 bits per heavy atom. The molecule has 0 bridgehead atoms.